The summed E-state index contributed by atoms with van der Waals surface area (Å²) in [7, 11) is 0. The molecule has 456 valence electrons. The van der Waals surface area contributed by atoms with Crippen LogP contribution in [0.25, 0.3) is 16.9 Å². The molecule has 0 bridgehead atoms. The Morgan fingerprint density at radius 2 is 1.48 bits per heavy atom. The Balaban J connectivity index is 0.524. The van der Waals surface area contributed by atoms with Gasteiger partial charge in [-0.3, -0.25) is 44.0 Å². The number of hydrogen-bond donors (Lipinski definition) is 4. The fourth-order valence-corrected chi connectivity index (χ4v) is 11.1. The van der Waals surface area contributed by atoms with E-state index in [2.05, 4.69) is 88.5 Å². The van der Waals surface area contributed by atoms with E-state index in [4.69, 9.17) is 23.9 Å². The number of piperazine rings is 2. The molecule has 6 aromatic rings. The lowest BCUT2D eigenvalue weighted by molar-refractivity contribution is -0.137. The normalized spacial score (nSPS) is 17.1. The number of rotatable bonds is 29. The molecule has 4 amide bonds. The fraction of sp³-hybridized carbons (Fsp3) is 0.460. The summed E-state index contributed by atoms with van der Waals surface area (Å²) < 4.78 is 26.5. The standard InChI is InChI=1S/C63H79N13O10/c1-4-24-75-61(81)50-41-65-62(69-58(50)76(75)55-11-6-10-54(67-55)63(2,3)82)66-47-16-18-48(19-17-47)73-32-30-70(31-33-73)25-7-23-64-56(77)22-35-83-37-39-85-40-38-84-36-34-71-26-28-72(29-27-71)42-45-12-14-46(15-13-45)44-86-53-9-5-8-49-51(53)43-74(60(49)80)52-20-21-57(78)68-59(52)79/h4-6,8-19,41,52,82H,1,7,20-40,42-44H2,2-3H3,(H,64,77)(H,65,66,69)(H,68,78,79)/t52-/m0/s1. The molecule has 4 aliphatic rings. The number of pyridine rings is 1. The maximum absolute atomic E-state index is 13.4. The predicted molar refractivity (Wildman–Crippen MR) is 324 cm³/mol. The van der Waals surface area contributed by atoms with Crippen molar-refractivity contribution in [3.05, 3.63) is 142 Å². The average molecular weight is 1180 g/mol. The number of carbonyl (C=O) groups is 4. The molecule has 1 atom stereocenters. The first-order valence-electron chi connectivity index (χ1n) is 29.8. The Hall–Kier alpha value is -7.90. The summed E-state index contributed by atoms with van der Waals surface area (Å²) in [5.41, 5.74) is 4.86. The van der Waals surface area contributed by atoms with Gasteiger partial charge in [-0.05, 0) is 92.9 Å². The molecular formula is C63H79N13O10. The van der Waals surface area contributed by atoms with E-state index in [0.29, 0.717) is 105 Å². The quantitative estimate of drug-likeness (QED) is 0.0290. The molecule has 0 unspecified atom stereocenters. The number of nitrogens with zero attached hydrogens (tertiary/aromatic N) is 10. The van der Waals surface area contributed by atoms with Crippen LogP contribution in [0.4, 0.5) is 17.3 Å². The summed E-state index contributed by atoms with van der Waals surface area (Å²) >= 11 is 0. The molecule has 10 rings (SSSR count). The zero-order chi connectivity index (χ0) is 60.0. The third-order valence-corrected chi connectivity index (χ3v) is 16.0. The number of piperidine rings is 1. The van der Waals surface area contributed by atoms with Gasteiger partial charge in [0, 0.05) is 114 Å². The molecule has 3 saturated heterocycles. The van der Waals surface area contributed by atoms with Crippen LogP contribution >= 0.6 is 0 Å². The SMILES string of the molecule is C=CCn1c(=O)c2cnc(Nc3ccc(N4CCN(CCCNC(=O)CCOCCOCCOCCN5CCN(Cc6ccc(COc7cccc8c7CN([C@H]7CCC(=O)NC7=O)C8=O)cc6)CC5)CC4)cc3)nc2n1-c1cccc(C(C)(C)O)n1. The van der Waals surface area contributed by atoms with Crippen molar-refractivity contribution in [1.82, 2.24) is 54.5 Å². The summed E-state index contributed by atoms with van der Waals surface area (Å²) in [6.45, 7) is 21.7. The van der Waals surface area contributed by atoms with E-state index in [1.54, 1.807) is 54.9 Å². The summed E-state index contributed by atoms with van der Waals surface area (Å²) in [4.78, 5) is 88.3. The largest absolute Gasteiger partial charge is 0.489 e. The van der Waals surface area contributed by atoms with E-state index < -0.39 is 17.6 Å². The number of aromatic nitrogens is 5. The summed E-state index contributed by atoms with van der Waals surface area (Å²) in [6, 6.07) is 26.6. The van der Waals surface area contributed by atoms with Gasteiger partial charge in [-0.25, -0.2) is 19.3 Å². The number of ether oxygens (including phenoxy) is 4. The minimum absolute atomic E-state index is 0.0169. The minimum atomic E-state index is -1.18. The Kier molecular flexibility index (Phi) is 20.6. The molecule has 0 saturated carbocycles. The van der Waals surface area contributed by atoms with Gasteiger partial charge in [0.15, 0.2) is 11.5 Å². The van der Waals surface area contributed by atoms with Crippen molar-refractivity contribution >= 4 is 52.0 Å². The highest BCUT2D eigenvalue weighted by Gasteiger charge is 2.40. The predicted octanol–water partition coefficient (Wildman–Crippen LogP) is 4.36. The number of fused-ring (bicyclic) bond motifs is 2. The van der Waals surface area contributed by atoms with Crippen LogP contribution in [0.15, 0.2) is 109 Å². The highest BCUT2D eigenvalue weighted by Crippen LogP contribution is 2.34. The van der Waals surface area contributed by atoms with Crippen molar-refractivity contribution in [2.45, 2.75) is 77.4 Å². The van der Waals surface area contributed by atoms with Gasteiger partial charge in [-0.1, -0.05) is 42.5 Å². The molecule has 0 spiro atoms. The second kappa shape index (κ2) is 29.0. The van der Waals surface area contributed by atoms with Crippen molar-refractivity contribution in [2.75, 3.05) is 122 Å². The van der Waals surface area contributed by atoms with Crippen molar-refractivity contribution in [3.63, 3.8) is 0 Å². The molecule has 4 N–H and O–H groups in total. The molecule has 0 aliphatic carbocycles. The van der Waals surface area contributed by atoms with E-state index in [-0.39, 0.29) is 42.8 Å². The monoisotopic (exact) mass is 1180 g/mol. The molecule has 7 heterocycles. The molecule has 86 heavy (non-hydrogen) atoms. The van der Waals surface area contributed by atoms with Gasteiger partial charge in [-0.15, -0.1) is 6.58 Å². The fourth-order valence-electron chi connectivity index (χ4n) is 11.1. The number of carbonyl (C=O) groups excluding carboxylic acids is 4. The molecule has 0 radical (unpaired) electrons. The second-order valence-corrected chi connectivity index (χ2v) is 22.6. The van der Waals surface area contributed by atoms with E-state index in [1.807, 2.05) is 18.2 Å². The Labute approximate surface area is 500 Å². The van der Waals surface area contributed by atoms with E-state index in [0.717, 1.165) is 101 Å². The van der Waals surface area contributed by atoms with Gasteiger partial charge in [0.25, 0.3) is 11.5 Å². The van der Waals surface area contributed by atoms with E-state index in [9.17, 15) is 29.1 Å². The molecule has 3 aromatic carbocycles. The first-order valence-corrected chi connectivity index (χ1v) is 29.8. The summed E-state index contributed by atoms with van der Waals surface area (Å²) in [5, 5.41) is 19.6. The Morgan fingerprint density at radius 1 is 0.791 bits per heavy atom. The molecular weight excluding hydrogens is 1100 g/mol. The molecule has 23 nitrogen and oxygen atoms in total. The van der Waals surface area contributed by atoms with E-state index >= 15 is 0 Å². The number of amides is 4. The number of anilines is 3. The smallest absolute Gasteiger partial charge is 0.278 e. The van der Waals surface area contributed by atoms with Crippen LogP contribution in [0.1, 0.15) is 72.3 Å². The van der Waals surface area contributed by atoms with Gasteiger partial charge in [-0.2, -0.15) is 4.98 Å². The third-order valence-electron chi connectivity index (χ3n) is 16.0. The maximum atomic E-state index is 13.4. The van der Waals surface area contributed by atoms with Gasteiger partial charge in [0.2, 0.25) is 23.7 Å². The number of allylic oxidation sites excluding steroid dienone is 1. The van der Waals surface area contributed by atoms with Crippen molar-refractivity contribution in [3.8, 4) is 11.6 Å². The van der Waals surface area contributed by atoms with Crippen molar-refractivity contribution in [2.24, 2.45) is 0 Å². The third kappa shape index (κ3) is 15.7. The van der Waals surface area contributed by atoms with Gasteiger partial charge >= 0.3 is 0 Å². The zero-order valence-corrected chi connectivity index (χ0v) is 49.3. The zero-order valence-electron chi connectivity index (χ0n) is 49.3. The summed E-state index contributed by atoms with van der Waals surface area (Å²) in [6.07, 6.45) is 4.86. The highest BCUT2D eigenvalue weighted by molar-refractivity contribution is 6.05. The van der Waals surface area contributed by atoms with Crippen LogP contribution in [0.2, 0.25) is 0 Å². The number of imide groups is 1. The van der Waals surface area contributed by atoms with Crippen LogP contribution in [-0.2, 0) is 60.4 Å². The molecule has 3 fully saturated rings. The highest BCUT2D eigenvalue weighted by atomic mass is 16.5. The van der Waals surface area contributed by atoms with Crippen LogP contribution in [0, 0.1) is 0 Å². The molecule has 4 aliphatic heterocycles. The van der Waals surface area contributed by atoms with Gasteiger partial charge in [0.1, 0.15) is 29.4 Å². The Morgan fingerprint density at radius 3 is 2.21 bits per heavy atom. The number of hydrogen-bond acceptors (Lipinski definition) is 18. The minimum Gasteiger partial charge on any atom is -0.489 e. The maximum Gasteiger partial charge on any atom is 0.278 e. The first-order chi connectivity index (χ1) is 41.8. The number of aliphatic hydroxyl groups is 1. The van der Waals surface area contributed by atoms with Gasteiger partial charge in [0.05, 0.1) is 58.4 Å². The van der Waals surface area contributed by atoms with Crippen LogP contribution < -0.4 is 31.1 Å². The summed E-state index contributed by atoms with van der Waals surface area (Å²) in [5.74, 6) is 0.416. The average Bonchev–Trinajstić information content (AvgIpc) is 2.00. The van der Waals surface area contributed by atoms with E-state index in [1.165, 1.54) is 21.3 Å². The Bertz CT molecular complexity index is 3370. The molecule has 23 heteroatoms. The first kappa shape index (κ1) is 61.2. The van der Waals surface area contributed by atoms with Gasteiger partial charge < -0.3 is 44.5 Å². The van der Waals surface area contributed by atoms with Crippen LogP contribution in [0.3, 0.4) is 0 Å². The number of nitrogens with one attached hydrogen (secondary N) is 3. The second-order valence-electron chi connectivity index (χ2n) is 22.6. The molecule has 3 aromatic heterocycles. The topological polar surface area (TPSA) is 243 Å². The lowest BCUT2D eigenvalue weighted by atomic mass is 10.0. The number of benzene rings is 3. The van der Waals surface area contributed by atoms with Crippen molar-refractivity contribution in [1.29, 1.82) is 0 Å². The van der Waals surface area contributed by atoms with Crippen LogP contribution in [0.5, 0.6) is 5.75 Å². The lowest BCUT2D eigenvalue weighted by Crippen LogP contribution is -2.52. The van der Waals surface area contributed by atoms with Crippen molar-refractivity contribution < 1.29 is 43.2 Å². The van der Waals surface area contributed by atoms with Crippen LogP contribution in [-0.4, -0.2) is 190 Å². The lowest BCUT2D eigenvalue weighted by Gasteiger charge is -2.36.